The molecule has 0 aliphatic rings. The monoisotopic (exact) mass is 173 g/mol. The normalized spacial score (nSPS) is 8.09. The molecule has 0 radical (unpaired) electrons. The molecule has 0 aliphatic carbocycles. The highest BCUT2D eigenvalue weighted by Gasteiger charge is 2.01. The summed E-state index contributed by atoms with van der Waals surface area (Å²) in [7, 11) is 0. The Balaban J connectivity index is 0.000001000. The van der Waals surface area contributed by atoms with Crippen LogP contribution in [0.2, 0.25) is 0 Å². The molecule has 0 amide bonds. The van der Waals surface area contributed by atoms with E-state index in [-0.39, 0.29) is 12.4 Å². The minimum absolute atomic E-state index is 0. The fraction of sp³-hybridized carbons (Fsp3) is 0. The van der Waals surface area contributed by atoms with Crippen molar-refractivity contribution in [3.63, 3.8) is 0 Å². The van der Waals surface area contributed by atoms with Gasteiger partial charge >= 0.3 is 5.97 Å². The molecule has 0 saturated carbocycles. The van der Waals surface area contributed by atoms with Gasteiger partial charge in [-0.2, -0.15) is 5.90 Å². The molecule has 0 fully saturated rings. The number of hydrogen-bond acceptors (Lipinski definition) is 3. The van der Waals surface area contributed by atoms with E-state index in [1.54, 1.807) is 24.3 Å². The van der Waals surface area contributed by atoms with Gasteiger partial charge in [0.1, 0.15) is 0 Å². The zero-order valence-electron chi connectivity index (χ0n) is 5.69. The molecule has 11 heavy (non-hydrogen) atoms. The Hall–Kier alpha value is -1.06. The summed E-state index contributed by atoms with van der Waals surface area (Å²) in [5.74, 6) is 4.14. The van der Waals surface area contributed by atoms with Crippen molar-refractivity contribution in [2.24, 2.45) is 5.90 Å². The molecule has 1 rings (SSSR count). The lowest BCUT2D eigenvalue weighted by Gasteiger charge is -1.94. The zero-order valence-corrected chi connectivity index (χ0v) is 6.51. The Morgan fingerprint density at radius 3 is 2.27 bits per heavy atom. The predicted octanol–water partition coefficient (Wildman–Crippen LogP) is 1.14. The number of carbonyl (C=O) groups excluding carboxylic acids is 1. The van der Waals surface area contributed by atoms with Gasteiger partial charge in [-0.25, -0.2) is 4.79 Å². The van der Waals surface area contributed by atoms with Gasteiger partial charge in [0.05, 0.1) is 5.56 Å². The van der Waals surface area contributed by atoms with E-state index >= 15 is 0 Å². The lowest BCUT2D eigenvalue weighted by atomic mass is 10.2. The van der Waals surface area contributed by atoms with E-state index in [1.807, 2.05) is 6.07 Å². The number of nitrogens with two attached hydrogens (primary N) is 1. The Kier molecular flexibility index (Phi) is 4.26. The lowest BCUT2D eigenvalue weighted by molar-refractivity contribution is 0.0503. The highest BCUT2D eigenvalue weighted by Crippen LogP contribution is 1.98. The molecule has 0 aromatic heterocycles. The maximum Gasteiger partial charge on any atom is 0.356 e. The number of rotatable bonds is 1. The van der Waals surface area contributed by atoms with Gasteiger partial charge in [-0.3, -0.25) is 0 Å². The van der Waals surface area contributed by atoms with Gasteiger partial charge < -0.3 is 4.84 Å². The van der Waals surface area contributed by atoms with Gasteiger partial charge in [0.2, 0.25) is 0 Å². The molecule has 1 aromatic carbocycles. The van der Waals surface area contributed by atoms with E-state index in [0.29, 0.717) is 5.56 Å². The first-order valence-corrected chi connectivity index (χ1v) is 2.80. The number of carbonyl (C=O) groups is 1. The van der Waals surface area contributed by atoms with Crippen LogP contribution in [0, 0.1) is 0 Å². The quantitative estimate of drug-likeness (QED) is 0.648. The zero-order chi connectivity index (χ0) is 7.40. The molecule has 3 nitrogen and oxygen atoms in total. The molecule has 0 spiro atoms. The van der Waals surface area contributed by atoms with Crippen LogP contribution in [-0.2, 0) is 4.84 Å². The minimum atomic E-state index is -0.513. The fourth-order valence-corrected chi connectivity index (χ4v) is 0.642. The van der Waals surface area contributed by atoms with Crippen LogP contribution < -0.4 is 5.90 Å². The maximum absolute atomic E-state index is 10.7. The molecule has 0 heterocycles. The summed E-state index contributed by atoms with van der Waals surface area (Å²) >= 11 is 0. The number of halogens is 1. The van der Waals surface area contributed by atoms with Crippen molar-refractivity contribution in [3.8, 4) is 0 Å². The predicted molar refractivity (Wildman–Crippen MR) is 43.3 cm³/mol. The summed E-state index contributed by atoms with van der Waals surface area (Å²) in [6.07, 6.45) is 0. The van der Waals surface area contributed by atoms with Crippen LogP contribution in [0.5, 0.6) is 0 Å². The Morgan fingerprint density at radius 2 is 1.82 bits per heavy atom. The Labute approximate surface area is 70.5 Å². The van der Waals surface area contributed by atoms with Crippen molar-refractivity contribution in [1.29, 1.82) is 0 Å². The van der Waals surface area contributed by atoms with Crippen LogP contribution >= 0.6 is 12.4 Å². The van der Waals surface area contributed by atoms with Gasteiger partial charge in [-0.05, 0) is 12.1 Å². The number of benzene rings is 1. The van der Waals surface area contributed by atoms with Crippen molar-refractivity contribution >= 4 is 18.4 Å². The summed E-state index contributed by atoms with van der Waals surface area (Å²) in [5, 5.41) is 0. The fourth-order valence-electron chi connectivity index (χ4n) is 0.642. The van der Waals surface area contributed by atoms with Crippen LogP contribution in [0.3, 0.4) is 0 Å². The van der Waals surface area contributed by atoms with Crippen molar-refractivity contribution in [1.82, 2.24) is 0 Å². The van der Waals surface area contributed by atoms with Crippen molar-refractivity contribution in [3.05, 3.63) is 35.9 Å². The summed E-state index contributed by atoms with van der Waals surface area (Å²) < 4.78 is 0. The molecule has 0 atom stereocenters. The largest absolute Gasteiger partial charge is 0.370 e. The van der Waals surface area contributed by atoms with Crippen LogP contribution in [0.4, 0.5) is 0 Å². The van der Waals surface area contributed by atoms with Crippen molar-refractivity contribution < 1.29 is 9.63 Å². The van der Waals surface area contributed by atoms with Crippen LogP contribution in [-0.4, -0.2) is 5.97 Å². The molecule has 0 bridgehead atoms. The molecule has 0 unspecified atom stereocenters. The van der Waals surface area contributed by atoms with E-state index in [2.05, 4.69) is 10.7 Å². The van der Waals surface area contributed by atoms with Crippen molar-refractivity contribution in [2.45, 2.75) is 0 Å². The highest BCUT2D eigenvalue weighted by molar-refractivity contribution is 5.88. The third-order valence-corrected chi connectivity index (χ3v) is 1.12. The molecular formula is C7H8ClNO2. The molecule has 0 aliphatic heterocycles. The van der Waals surface area contributed by atoms with Gasteiger partial charge in [-0.15, -0.1) is 12.4 Å². The molecule has 60 valence electrons. The van der Waals surface area contributed by atoms with Crippen LogP contribution in [0.1, 0.15) is 10.4 Å². The SMILES string of the molecule is Cl.NOC(=O)c1ccccc1. The van der Waals surface area contributed by atoms with E-state index in [4.69, 9.17) is 0 Å². The average Bonchev–Trinajstić information content (AvgIpc) is 2.05. The molecular weight excluding hydrogens is 166 g/mol. The third-order valence-electron chi connectivity index (χ3n) is 1.12. The van der Waals surface area contributed by atoms with Gasteiger partial charge in [0, 0.05) is 0 Å². The second-order valence-electron chi connectivity index (χ2n) is 1.77. The van der Waals surface area contributed by atoms with E-state index < -0.39 is 5.97 Å². The Morgan fingerprint density at radius 1 is 1.27 bits per heavy atom. The summed E-state index contributed by atoms with van der Waals surface area (Å²) in [6, 6.07) is 8.57. The standard InChI is InChI=1S/C7H7NO2.ClH/c8-10-7(9)6-4-2-1-3-5-6;/h1-5H,8H2;1H. The first-order chi connectivity index (χ1) is 4.84. The van der Waals surface area contributed by atoms with Crippen molar-refractivity contribution in [2.75, 3.05) is 0 Å². The van der Waals surface area contributed by atoms with E-state index in [9.17, 15) is 4.79 Å². The number of hydrogen-bond donors (Lipinski definition) is 1. The molecule has 2 N–H and O–H groups in total. The smallest absolute Gasteiger partial charge is 0.356 e. The van der Waals surface area contributed by atoms with E-state index in [1.165, 1.54) is 0 Å². The van der Waals surface area contributed by atoms with Crippen LogP contribution in [0.25, 0.3) is 0 Å². The second-order valence-corrected chi connectivity index (χ2v) is 1.77. The first-order valence-electron chi connectivity index (χ1n) is 2.80. The molecule has 1 aromatic rings. The summed E-state index contributed by atoms with van der Waals surface area (Å²) in [5.41, 5.74) is 0.463. The molecule has 0 saturated heterocycles. The summed E-state index contributed by atoms with van der Waals surface area (Å²) in [4.78, 5) is 14.7. The average molecular weight is 174 g/mol. The highest BCUT2D eigenvalue weighted by atomic mass is 35.5. The first kappa shape index (κ1) is 9.94. The lowest BCUT2D eigenvalue weighted by Crippen LogP contribution is -2.09. The Bertz CT molecular complexity index is 225. The maximum atomic E-state index is 10.7. The minimum Gasteiger partial charge on any atom is -0.370 e. The van der Waals surface area contributed by atoms with Gasteiger partial charge in [0.15, 0.2) is 0 Å². The van der Waals surface area contributed by atoms with E-state index in [0.717, 1.165) is 0 Å². The molecule has 4 heteroatoms. The topological polar surface area (TPSA) is 52.3 Å². The van der Waals surface area contributed by atoms with Gasteiger partial charge in [0.25, 0.3) is 0 Å². The third kappa shape index (κ3) is 2.57. The van der Waals surface area contributed by atoms with Gasteiger partial charge in [-0.1, -0.05) is 18.2 Å². The summed E-state index contributed by atoms with van der Waals surface area (Å²) in [6.45, 7) is 0. The van der Waals surface area contributed by atoms with Crippen LogP contribution in [0.15, 0.2) is 30.3 Å². The second kappa shape index (κ2) is 4.71.